The standard InChI is InChI=1S/C28H46O4/c1-7-10-11-12-16-28(5,6)24-18-25(31-20-29-8-2)27(23-15-13-14-22(4)17-23)26(19-24)32-21-30-9-3/h17-19,23H,7-16,20-21H2,1-6H3. The first-order chi connectivity index (χ1) is 15.4. The molecule has 4 heteroatoms. The van der Waals surface area contributed by atoms with Crippen molar-refractivity contribution >= 4 is 0 Å². The van der Waals surface area contributed by atoms with Crippen molar-refractivity contribution in [2.24, 2.45) is 0 Å². The topological polar surface area (TPSA) is 36.9 Å². The third-order valence-electron chi connectivity index (χ3n) is 6.49. The summed E-state index contributed by atoms with van der Waals surface area (Å²) in [5.74, 6) is 2.07. The van der Waals surface area contributed by atoms with Gasteiger partial charge in [0.25, 0.3) is 0 Å². The highest BCUT2D eigenvalue weighted by atomic mass is 16.7. The lowest BCUT2D eigenvalue weighted by molar-refractivity contribution is 0.0166. The van der Waals surface area contributed by atoms with Crippen LogP contribution >= 0.6 is 0 Å². The highest BCUT2D eigenvalue weighted by molar-refractivity contribution is 5.53. The lowest BCUT2D eigenvalue weighted by atomic mass is 9.77. The Bertz CT molecular complexity index is 676. The average molecular weight is 447 g/mol. The normalized spacial score (nSPS) is 16.7. The molecule has 32 heavy (non-hydrogen) atoms. The van der Waals surface area contributed by atoms with Crippen LogP contribution in [-0.4, -0.2) is 26.8 Å². The van der Waals surface area contributed by atoms with Crippen LogP contribution in [0.15, 0.2) is 23.8 Å². The molecule has 0 N–H and O–H groups in total. The highest BCUT2D eigenvalue weighted by Crippen LogP contribution is 2.45. The first-order valence-electron chi connectivity index (χ1n) is 12.7. The minimum atomic E-state index is 0.0397. The van der Waals surface area contributed by atoms with Gasteiger partial charge in [0.1, 0.15) is 11.5 Å². The summed E-state index contributed by atoms with van der Waals surface area (Å²) in [5, 5.41) is 0. The summed E-state index contributed by atoms with van der Waals surface area (Å²) in [4.78, 5) is 0. The predicted molar refractivity (Wildman–Crippen MR) is 133 cm³/mol. The van der Waals surface area contributed by atoms with Crippen LogP contribution < -0.4 is 9.47 Å². The Morgan fingerprint density at radius 3 is 2.06 bits per heavy atom. The van der Waals surface area contributed by atoms with Gasteiger partial charge in [0.05, 0.1) is 0 Å². The second-order valence-electron chi connectivity index (χ2n) is 9.60. The first kappa shape index (κ1) is 26.7. The zero-order valence-electron chi connectivity index (χ0n) is 21.4. The van der Waals surface area contributed by atoms with Crippen LogP contribution in [0, 0.1) is 0 Å². The van der Waals surface area contributed by atoms with Crippen molar-refractivity contribution < 1.29 is 18.9 Å². The number of hydrogen-bond acceptors (Lipinski definition) is 4. The van der Waals surface area contributed by atoms with E-state index in [1.807, 2.05) is 13.8 Å². The summed E-state index contributed by atoms with van der Waals surface area (Å²) in [6.45, 7) is 14.9. The Kier molecular flexibility index (Phi) is 11.6. The smallest absolute Gasteiger partial charge is 0.189 e. The number of rotatable bonds is 15. The van der Waals surface area contributed by atoms with Gasteiger partial charge in [-0.05, 0) is 69.6 Å². The van der Waals surface area contributed by atoms with Crippen LogP contribution in [0.3, 0.4) is 0 Å². The van der Waals surface area contributed by atoms with Crippen LogP contribution in [0.4, 0.5) is 0 Å². The van der Waals surface area contributed by atoms with E-state index in [9.17, 15) is 0 Å². The van der Waals surface area contributed by atoms with Crippen molar-refractivity contribution in [2.75, 3.05) is 26.8 Å². The highest BCUT2D eigenvalue weighted by Gasteiger charge is 2.28. The van der Waals surface area contributed by atoms with Crippen molar-refractivity contribution in [1.82, 2.24) is 0 Å². The van der Waals surface area contributed by atoms with Gasteiger partial charge in [-0.15, -0.1) is 0 Å². The van der Waals surface area contributed by atoms with Gasteiger partial charge in [0.2, 0.25) is 0 Å². The van der Waals surface area contributed by atoms with E-state index in [-0.39, 0.29) is 19.0 Å². The Labute approximate surface area is 196 Å². The van der Waals surface area contributed by atoms with Crippen LogP contribution in [0.5, 0.6) is 11.5 Å². The lowest BCUT2D eigenvalue weighted by Crippen LogP contribution is -2.19. The van der Waals surface area contributed by atoms with E-state index in [0.717, 1.165) is 29.9 Å². The van der Waals surface area contributed by atoms with Crippen LogP contribution in [-0.2, 0) is 14.9 Å². The average Bonchev–Trinajstić information content (AvgIpc) is 2.77. The number of hydrogen-bond donors (Lipinski definition) is 0. The number of unbranched alkanes of at least 4 members (excludes halogenated alkanes) is 3. The third kappa shape index (κ3) is 8.12. The first-order valence-corrected chi connectivity index (χ1v) is 12.7. The van der Waals surface area contributed by atoms with Gasteiger partial charge in [-0.25, -0.2) is 0 Å². The molecule has 0 bridgehead atoms. The fourth-order valence-electron chi connectivity index (χ4n) is 4.45. The van der Waals surface area contributed by atoms with Gasteiger partial charge in [-0.1, -0.05) is 58.1 Å². The molecule has 0 amide bonds. The van der Waals surface area contributed by atoms with E-state index >= 15 is 0 Å². The Morgan fingerprint density at radius 1 is 0.906 bits per heavy atom. The Hall–Kier alpha value is -1.52. The lowest BCUT2D eigenvalue weighted by Gasteiger charge is -2.30. The van der Waals surface area contributed by atoms with Crippen LogP contribution in [0.2, 0.25) is 0 Å². The minimum absolute atomic E-state index is 0.0397. The van der Waals surface area contributed by atoms with E-state index < -0.39 is 0 Å². The maximum atomic E-state index is 6.22. The molecule has 0 aromatic heterocycles. The minimum Gasteiger partial charge on any atom is -0.467 e. The summed E-state index contributed by atoms with van der Waals surface area (Å²) in [6.07, 6.45) is 12.1. The van der Waals surface area contributed by atoms with Crippen molar-refractivity contribution in [2.45, 2.75) is 104 Å². The zero-order valence-corrected chi connectivity index (χ0v) is 21.4. The van der Waals surface area contributed by atoms with Crippen molar-refractivity contribution in [3.63, 3.8) is 0 Å². The van der Waals surface area contributed by atoms with Crippen LogP contribution in [0.1, 0.15) is 110 Å². The molecule has 4 nitrogen and oxygen atoms in total. The second-order valence-corrected chi connectivity index (χ2v) is 9.60. The molecule has 1 aliphatic carbocycles. The molecule has 1 aromatic carbocycles. The molecule has 1 aliphatic rings. The quantitative estimate of drug-likeness (QED) is 0.156. The van der Waals surface area contributed by atoms with Crippen molar-refractivity contribution in [1.29, 1.82) is 0 Å². The van der Waals surface area contributed by atoms with Crippen LogP contribution in [0.25, 0.3) is 0 Å². The SMILES string of the molecule is CCCCCCC(C)(C)c1cc(OCOCC)c(C2C=C(C)CCC2)c(OCOCC)c1. The Morgan fingerprint density at radius 2 is 1.53 bits per heavy atom. The number of benzene rings is 1. The van der Waals surface area contributed by atoms with Gasteiger partial charge >= 0.3 is 0 Å². The van der Waals surface area contributed by atoms with Gasteiger partial charge in [-0.2, -0.15) is 0 Å². The molecule has 0 radical (unpaired) electrons. The van der Waals surface area contributed by atoms with Gasteiger partial charge in [0.15, 0.2) is 13.6 Å². The molecule has 0 spiro atoms. The molecule has 1 unspecified atom stereocenters. The molecule has 2 rings (SSSR count). The maximum Gasteiger partial charge on any atom is 0.189 e. The van der Waals surface area contributed by atoms with Gasteiger partial charge in [-0.3, -0.25) is 0 Å². The predicted octanol–water partition coefficient (Wildman–Crippen LogP) is 7.89. The molecule has 0 fully saturated rings. The summed E-state index contributed by atoms with van der Waals surface area (Å²) < 4.78 is 23.5. The number of allylic oxidation sites excluding steroid dienone is 2. The fraction of sp³-hybridized carbons (Fsp3) is 0.714. The molecule has 0 saturated heterocycles. The summed E-state index contributed by atoms with van der Waals surface area (Å²) in [6, 6.07) is 4.47. The molecule has 182 valence electrons. The zero-order chi connectivity index (χ0) is 23.4. The molecule has 0 saturated carbocycles. The molecular weight excluding hydrogens is 400 g/mol. The summed E-state index contributed by atoms with van der Waals surface area (Å²) in [5.41, 5.74) is 3.87. The van der Waals surface area contributed by atoms with E-state index in [1.54, 1.807) is 0 Å². The monoisotopic (exact) mass is 446 g/mol. The van der Waals surface area contributed by atoms with Gasteiger partial charge < -0.3 is 18.9 Å². The van der Waals surface area contributed by atoms with E-state index in [4.69, 9.17) is 18.9 Å². The van der Waals surface area contributed by atoms with Gasteiger partial charge in [0, 0.05) is 24.7 Å². The number of ether oxygens (including phenoxy) is 4. The van der Waals surface area contributed by atoms with E-state index in [1.165, 1.54) is 49.7 Å². The molecule has 0 aliphatic heterocycles. The van der Waals surface area contributed by atoms with E-state index in [2.05, 4.69) is 45.9 Å². The van der Waals surface area contributed by atoms with E-state index in [0.29, 0.717) is 19.1 Å². The summed E-state index contributed by atoms with van der Waals surface area (Å²) >= 11 is 0. The largest absolute Gasteiger partial charge is 0.467 e. The third-order valence-corrected chi connectivity index (χ3v) is 6.49. The fourth-order valence-corrected chi connectivity index (χ4v) is 4.45. The molecule has 1 aromatic rings. The van der Waals surface area contributed by atoms with Crippen molar-refractivity contribution in [3.05, 3.63) is 34.9 Å². The Balaban J connectivity index is 2.45. The molecular formula is C28H46O4. The second kappa shape index (κ2) is 13.9. The van der Waals surface area contributed by atoms with Crippen molar-refractivity contribution in [3.8, 4) is 11.5 Å². The maximum absolute atomic E-state index is 6.22. The molecule has 0 heterocycles. The molecule has 1 atom stereocenters. The summed E-state index contributed by atoms with van der Waals surface area (Å²) in [7, 11) is 0.